The second-order valence-corrected chi connectivity index (χ2v) is 6.63. The summed E-state index contributed by atoms with van der Waals surface area (Å²) in [5, 5.41) is 3.56. The monoisotopic (exact) mass is 288 g/mol. The molecule has 3 unspecified atom stereocenters. The van der Waals surface area contributed by atoms with Gasteiger partial charge in [0.05, 0.1) is 0 Å². The van der Waals surface area contributed by atoms with Gasteiger partial charge in [-0.05, 0) is 68.2 Å². The van der Waals surface area contributed by atoms with Gasteiger partial charge in [-0.25, -0.2) is 0 Å². The van der Waals surface area contributed by atoms with E-state index in [9.17, 15) is 0 Å². The largest absolute Gasteiger partial charge is 0.317 e. The van der Waals surface area contributed by atoms with E-state index in [0.29, 0.717) is 0 Å². The molecule has 2 nitrogen and oxygen atoms in total. The van der Waals surface area contributed by atoms with Crippen LogP contribution < -0.4 is 5.32 Å². The van der Waals surface area contributed by atoms with E-state index in [1.54, 1.807) is 0 Å². The number of hydrogen-bond donors (Lipinski definition) is 1. The molecule has 0 amide bonds. The summed E-state index contributed by atoms with van der Waals surface area (Å²) in [7, 11) is 0. The van der Waals surface area contributed by atoms with Crippen LogP contribution in [0.15, 0.2) is 18.3 Å². The number of aromatic nitrogens is 1. The number of hydrogen-bond acceptors (Lipinski definition) is 2. The molecule has 1 aliphatic rings. The Labute approximate surface area is 130 Å². The van der Waals surface area contributed by atoms with Crippen molar-refractivity contribution in [3.05, 3.63) is 29.6 Å². The topological polar surface area (TPSA) is 24.9 Å². The Morgan fingerprint density at radius 3 is 2.62 bits per heavy atom. The summed E-state index contributed by atoms with van der Waals surface area (Å²) >= 11 is 0. The molecule has 118 valence electrons. The minimum absolute atomic E-state index is 0.808. The maximum atomic E-state index is 4.69. The van der Waals surface area contributed by atoms with Gasteiger partial charge >= 0.3 is 0 Å². The molecule has 1 heterocycles. The van der Waals surface area contributed by atoms with E-state index >= 15 is 0 Å². The fourth-order valence-corrected chi connectivity index (χ4v) is 3.70. The Bertz CT molecular complexity index is 399. The molecular formula is C19H32N2. The third-order valence-electron chi connectivity index (χ3n) is 5.25. The number of pyridine rings is 1. The first kappa shape index (κ1) is 16.5. The van der Waals surface area contributed by atoms with Gasteiger partial charge in [0.15, 0.2) is 0 Å². The van der Waals surface area contributed by atoms with E-state index in [1.807, 2.05) is 0 Å². The van der Waals surface area contributed by atoms with Gasteiger partial charge in [0.1, 0.15) is 0 Å². The Kier molecular flexibility index (Phi) is 6.69. The van der Waals surface area contributed by atoms with Crippen molar-refractivity contribution in [3.8, 4) is 0 Å². The van der Waals surface area contributed by atoms with Crippen LogP contribution in [0.25, 0.3) is 0 Å². The van der Waals surface area contributed by atoms with Gasteiger partial charge in [-0.3, -0.25) is 4.98 Å². The summed E-state index contributed by atoms with van der Waals surface area (Å²) in [6.45, 7) is 9.02. The smallest absolute Gasteiger partial charge is 0.0406 e. The Hall–Kier alpha value is -0.890. The molecule has 2 rings (SSSR count). The summed E-state index contributed by atoms with van der Waals surface area (Å²) in [5.74, 6) is 2.57. The van der Waals surface area contributed by atoms with Crippen LogP contribution in [-0.4, -0.2) is 18.1 Å². The fourth-order valence-electron chi connectivity index (χ4n) is 3.70. The molecule has 1 fully saturated rings. The highest BCUT2D eigenvalue weighted by molar-refractivity contribution is 5.14. The van der Waals surface area contributed by atoms with Crippen LogP contribution >= 0.6 is 0 Å². The predicted molar refractivity (Wildman–Crippen MR) is 90.5 cm³/mol. The lowest BCUT2D eigenvalue weighted by molar-refractivity contribution is 0.171. The van der Waals surface area contributed by atoms with Gasteiger partial charge in [-0.1, -0.05) is 39.7 Å². The van der Waals surface area contributed by atoms with E-state index < -0.39 is 0 Å². The number of nitrogens with zero attached hydrogens (tertiary/aromatic N) is 1. The van der Waals surface area contributed by atoms with Crippen LogP contribution in [0.2, 0.25) is 0 Å². The number of nitrogens with one attached hydrogen (secondary N) is 1. The minimum Gasteiger partial charge on any atom is -0.317 e. The van der Waals surface area contributed by atoms with Gasteiger partial charge in [0.2, 0.25) is 0 Å². The van der Waals surface area contributed by atoms with E-state index in [-0.39, 0.29) is 0 Å². The zero-order valence-corrected chi connectivity index (χ0v) is 14.1. The van der Waals surface area contributed by atoms with Crippen molar-refractivity contribution >= 4 is 0 Å². The SMILES string of the molecule is CCNCC1CCC(CC)CC1Cc1ccc(CC)cn1. The highest BCUT2D eigenvalue weighted by atomic mass is 14.8. The lowest BCUT2D eigenvalue weighted by atomic mass is 9.71. The second-order valence-electron chi connectivity index (χ2n) is 6.63. The Morgan fingerprint density at radius 2 is 2.00 bits per heavy atom. The summed E-state index contributed by atoms with van der Waals surface area (Å²) < 4.78 is 0. The average molecular weight is 288 g/mol. The molecule has 1 aliphatic carbocycles. The first-order chi connectivity index (χ1) is 10.3. The van der Waals surface area contributed by atoms with Crippen molar-refractivity contribution in [2.75, 3.05) is 13.1 Å². The Morgan fingerprint density at radius 1 is 1.14 bits per heavy atom. The maximum absolute atomic E-state index is 4.69. The van der Waals surface area contributed by atoms with Crippen molar-refractivity contribution in [2.45, 2.75) is 59.3 Å². The average Bonchev–Trinajstić information content (AvgIpc) is 2.54. The molecule has 1 aromatic heterocycles. The third kappa shape index (κ3) is 4.81. The molecule has 1 N–H and O–H groups in total. The van der Waals surface area contributed by atoms with Gasteiger partial charge in [-0.15, -0.1) is 0 Å². The molecule has 0 aliphatic heterocycles. The third-order valence-corrected chi connectivity index (χ3v) is 5.25. The molecule has 0 aromatic carbocycles. The van der Waals surface area contributed by atoms with Crippen molar-refractivity contribution in [2.24, 2.45) is 17.8 Å². The lowest BCUT2D eigenvalue weighted by Crippen LogP contribution is -2.34. The zero-order chi connectivity index (χ0) is 15.1. The van der Waals surface area contributed by atoms with Crippen LogP contribution in [0.1, 0.15) is 57.7 Å². The summed E-state index contributed by atoms with van der Waals surface area (Å²) in [4.78, 5) is 4.69. The molecule has 1 aromatic rings. The van der Waals surface area contributed by atoms with E-state index in [2.05, 4.69) is 49.4 Å². The second kappa shape index (κ2) is 8.53. The fraction of sp³-hybridized carbons (Fsp3) is 0.737. The highest BCUT2D eigenvalue weighted by Crippen LogP contribution is 2.36. The van der Waals surface area contributed by atoms with Crippen LogP contribution in [0.5, 0.6) is 0 Å². The van der Waals surface area contributed by atoms with Gasteiger partial charge < -0.3 is 5.32 Å². The summed E-state index contributed by atoms with van der Waals surface area (Å²) in [5.41, 5.74) is 2.63. The molecular weight excluding hydrogens is 256 g/mol. The van der Waals surface area contributed by atoms with Crippen LogP contribution in [0.3, 0.4) is 0 Å². The zero-order valence-electron chi connectivity index (χ0n) is 14.1. The molecule has 2 heteroatoms. The molecule has 0 spiro atoms. The first-order valence-corrected chi connectivity index (χ1v) is 8.91. The van der Waals surface area contributed by atoms with E-state index in [1.165, 1.54) is 43.5 Å². The minimum atomic E-state index is 0.808. The Balaban J connectivity index is 1.99. The number of aryl methyl sites for hydroxylation is 1. The van der Waals surface area contributed by atoms with Crippen molar-refractivity contribution in [1.82, 2.24) is 10.3 Å². The molecule has 21 heavy (non-hydrogen) atoms. The van der Waals surface area contributed by atoms with E-state index in [4.69, 9.17) is 0 Å². The lowest BCUT2D eigenvalue weighted by Gasteiger charge is -2.36. The molecule has 0 radical (unpaired) electrons. The van der Waals surface area contributed by atoms with Gasteiger partial charge in [0.25, 0.3) is 0 Å². The molecule has 3 atom stereocenters. The van der Waals surface area contributed by atoms with Crippen molar-refractivity contribution < 1.29 is 0 Å². The highest BCUT2D eigenvalue weighted by Gasteiger charge is 2.29. The number of rotatable bonds is 7. The van der Waals surface area contributed by atoms with Crippen molar-refractivity contribution in [3.63, 3.8) is 0 Å². The van der Waals surface area contributed by atoms with E-state index in [0.717, 1.165) is 37.1 Å². The van der Waals surface area contributed by atoms with Crippen LogP contribution in [-0.2, 0) is 12.8 Å². The quantitative estimate of drug-likeness (QED) is 0.812. The van der Waals surface area contributed by atoms with Crippen LogP contribution in [0.4, 0.5) is 0 Å². The van der Waals surface area contributed by atoms with Gasteiger partial charge in [-0.2, -0.15) is 0 Å². The normalized spacial score (nSPS) is 26.0. The summed E-state index contributed by atoms with van der Waals surface area (Å²) in [6.07, 6.45) is 9.86. The summed E-state index contributed by atoms with van der Waals surface area (Å²) in [6, 6.07) is 4.50. The molecule has 1 saturated carbocycles. The molecule has 0 bridgehead atoms. The van der Waals surface area contributed by atoms with Crippen molar-refractivity contribution in [1.29, 1.82) is 0 Å². The first-order valence-electron chi connectivity index (χ1n) is 8.91. The maximum Gasteiger partial charge on any atom is 0.0406 e. The van der Waals surface area contributed by atoms with Gasteiger partial charge in [0, 0.05) is 11.9 Å². The standard InChI is InChI=1S/C19H32N2/c1-4-15-7-9-17(14-20-6-3)18(11-15)12-19-10-8-16(5-2)13-21-19/h8,10,13,15,17-18,20H,4-7,9,11-12,14H2,1-3H3. The van der Waals surface area contributed by atoms with Crippen LogP contribution in [0, 0.1) is 17.8 Å². The molecule has 0 saturated heterocycles. The predicted octanol–water partition coefficient (Wildman–Crippen LogP) is 4.24.